The first-order chi connectivity index (χ1) is 12.9. The van der Waals surface area contributed by atoms with Crippen LogP contribution < -0.4 is 9.47 Å². The van der Waals surface area contributed by atoms with Gasteiger partial charge in [-0.15, -0.1) is 0 Å². The van der Waals surface area contributed by atoms with Crippen LogP contribution in [0.5, 0.6) is 11.5 Å². The number of hydrogen-bond donors (Lipinski definition) is 0. The fourth-order valence-electron chi connectivity index (χ4n) is 3.53. The average Bonchev–Trinajstić information content (AvgIpc) is 2.74. The molecule has 0 unspecified atom stereocenters. The second kappa shape index (κ2) is 7.20. The number of aryl methyl sites for hydroxylation is 1. The lowest BCUT2D eigenvalue weighted by Gasteiger charge is -2.21. The van der Waals surface area contributed by atoms with Gasteiger partial charge in [0.25, 0.3) is 0 Å². The summed E-state index contributed by atoms with van der Waals surface area (Å²) >= 11 is 0. The maximum Gasteiger partial charge on any atom is 0.130 e. The highest BCUT2D eigenvalue weighted by atomic mass is 16.5. The standard InChI is InChI=1S/C21H17NO2.C2H6/c1-2-6-17-14(4-1)7-8-20-18(17)10-16(13-24-20)19-11-21-15(12-22-19)5-3-9-23-21;1-2/h1-2,4,6-8,11-13H,3,5,9-10H2;1-2H3. The molecule has 0 atom stereocenters. The van der Waals surface area contributed by atoms with Crippen LogP contribution in [-0.4, -0.2) is 11.6 Å². The molecule has 0 bridgehead atoms. The van der Waals surface area contributed by atoms with Gasteiger partial charge in [0.15, 0.2) is 0 Å². The van der Waals surface area contributed by atoms with Gasteiger partial charge in [-0.2, -0.15) is 0 Å². The van der Waals surface area contributed by atoms with Crippen LogP contribution >= 0.6 is 0 Å². The molecule has 0 saturated heterocycles. The summed E-state index contributed by atoms with van der Waals surface area (Å²) in [6, 6.07) is 14.7. The van der Waals surface area contributed by atoms with Crippen LogP contribution in [-0.2, 0) is 12.8 Å². The fourth-order valence-corrected chi connectivity index (χ4v) is 3.53. The number of pyridine rings is 1. The normalized spacial score (nSPS) is 14.8. The van der Waals surface area contributed by atoms with Crippen LogP contribution in [0.3, 0.4) is 0 Å². The highest BCUT2D eigenvalue weighted by molar-refractivity contribution is 5.90. The molecule has 5 rings (SSSR count). The van der Waals surface area contributed by atoms with Crippen molar-refractivity contribution in [1.29, 1.82) is 0 Å². The van der Waals surface area contributed by atoms with Crippen molar-refractivity contribution >= 4 is 16.3 Å². The van der Waals surface area contributed by atoms with E-state index >= 15 is 0 Å². The summed E-state index contributed by atoms with van der Waals surface area (Å²) in [6.45, 7) is 4.79. The molecule has 2 aliphatic heterocycles. The summed E-state index contributed by atoms with van der Waals surface area (Å²) in [5.74, 6) is 1.91. The smallest absolute Gasteiger partial charge is 0.130 e. The predicted molar refractivity (Wildman–Crippen MR) is 106 cm³/mol. The van der Waals surface area contributed by atoms with Gasteiger partial charge in [0.2, 0.25) is 0 Å². The Bertz CT molecular complexity index is 975. The van der Waals surface area contributed by atoms with Crippen molar-refractivity contribution in [3.05, 3.63) is 71.7 Å². The molecule has 3 nitrogen and oxygen atoms in total. The van der Waals surface area contributed by atoms with Gasteiger partial charge in [0, 0.05) is 35.4 Å². The van der Waals surface area contributed by atoms with E-state index in [1.165, 1.54) is 21.9 Å². The highest BCUT2D eigenvalue weighted by Gasteiger charge is 2.19. The quantitative estimate of drug-likeness (QED) is 0.578. The van der Waals surface area contributed by atoms with E-state index in [1.807, 2.05) is 32.4 Å². The van der Waals surface area contributed by atoms with Crippen molar-refractivity contribution in [2.24, 2.45) is 0 Å². The van der Waals surface area contributed by atoms with Crippen LogP contribution in [0, 0.1) is 0 Å². The third-order valence-corrected chi connectivity index (χ3v) is 4.81. The number of aromatic nitrogens is 1. The average molecular weight is 345 g/mol. The van der Waals surface area contributed by atoms with Gasteiger partial charge in [-0.3, -0.25) is 4.98 Å². The Labute approximate surface area is 154 Å². The number of benzene rings is 2. The number of hydrogen-bond acceptors (Lipinski definition) is 3. The zero-order chi connectivity index (χ0) is 17.9. The molecular weight excluding hydrogens is 322 g/mol. The molecule has 26 heavy (non-hydrogen) atoms. The summed E-state index contributed by atoms with van der Waals surface area (Å²) < 4.78 is 11.7. The summed E-state index contributed by atoms with van der Waals surface area (Å²) in [4.78, 5) is 4.64. The monoisotopic (exact) mass is 345 g/mol. The summed E-state index contributed by atoms with van der Waals surface area (Å²) in [5, 5.41) is 2.48. The SMILES string of the molecule is C1=C(c2cc3c(cn2)CCCO3)Cc2c(ccc3ccccc23)O1.CC. The molecule has 0 amide bonds. The van der Waals surface area contributed by atoms with Gasteiger partial charge in [-0.25, -0.2) is 0 Å². The van der Waals surface area contributed by atoms with E-state index in [-0.39, 0.29) is 0 Å². The third-order valence-electron chi connectivity index (χ3n) is 4.81. The zero-order valence-electron chi connectivity index (χ0n) is 15.3. The molecule has 2 aromatic carbocycles. The first-order valence-corrected chi connectivity index (χ1v) is 9.37. The van der Waals surface area contributed by atoms with E-state index < -0.39 is 0 Å². The molecule has 3 aromatic rings. The predicted octanol–water partition coefficient (Wildman–Crippen LogP) is 5.56. The largest absolute Gasteiger partial charge is 0.493 e. The number of ether oxygens (including phenoxy) is 2. The van der Waals surface area contributed by atoms with E-state index in [1.54, 1.807) is 0 Å². The minimum Gasteiger partial charge on any atom is -0.493 e. The van der Waals surface area contributed by atoms with Gasteiger partial charge in [-0.1, -0.05) is 44.2 Å². The van der Waals surface area contributed by atoms with Crippen molar-refractivity contribution in [3.63, 3.8) is 0 Å². The number of allylic oxidation sites excluding steroid dienone is 1. The van der Waals surface area contributed by atoms with Crippen molar-refractivity contribution in [2.75, 3.05) is 6.61 Å². The summed E-state index contributed by atoms with van der Waals surface area (Å²) in [6.07, 6.45) is 6.71. The van der Waals surface area contributed by atoms with Crippen LogP contribution in [0.1, 0.15) is 37.1 Å². The summed E-state index contributed by atoms with van der Waals surface area (Å²) in [5.41, 5.74) is 4.46. The highest BCUT2D eigenvalue weighted by Crippen LogP contribution is 2.37. The molecule has 3 heteroatoms. The van der Waals surface area contributed by atoms with Crippen molar-refractivity contribution in [2.45, 2.75) is 33.1 Å². The van der Waals surface area contributed by atoms with Crippen molar-refractivity contribution in [3.8, 4) is 11.5 Å². The van der Waals surface area contributed by atoms with Crippen LogP contribution in [0.4, 0.5) is 0 Å². The molecule has 3 heterocycles. The minimum atomic E-state index is 0.791. The minimum absolute atomic E-state index is 0.791. The Morgan fingerprint density at radius 2 is 1.88 bits per heavy atom. The lowest BCUT2D eigenvalue weighted by molar-refractivity contribution is 0.287. The Balaban J connectivity index is 0.000000814. The first-order valence-electron chi connectivity index (χ1n) is 9.37. The molecule has 132 valence electrons. The maximum absolute atomic E-state index is 5.90. The number of nitrogens with zero attached hydrogens (tertiary/aromatic N) is 1. The van der Waals surface area contributed by atoms with Crippen molar-refractivity contribution in [1.82, 2.24) is 4.98 Å². The molecule has 0 spiro atoms. The molecule has 0 saturated carbocycles. The maximum atomic E-state index is 5.90. The summed E-state index contributed by atoms with van der Waals surface area (Å²) in [7, 11) is 0. The topological polar surface area (TPSA) is 31.4 Å². The van der Waals surface area contributed by atoms with E-state index in [0.29, 0.717) is 0 Å². The Morgan fingerprint density at radius 1 is 1.00 bits per heavy atom. The molecule has 0 aliphatic carbocycles. The van der Waals surface area contributed by atoms with Gasteiger partial charge in [0.05, 0.1) is 18.6 Å². The number of rotatable bonds is 1. The Hall–Kier alpha value is -2.81. The van der Waals surface area contributed by atoms with Crippen LogP contribution in [0.25, 0.3) is 16.3 Å². The van der Waals surface area contributed by atoms with E-state index in [9.17, 15) is 0 Å². The van der Waals surface area contributed by atoms with E-state index in [0.717, 1.165) is 48.6 Å². The lowest BCUT2D eigenvalue weighted by atomic mass is 9.94. The molecule has 0 fully saturated rings. The fraction of sp³-hybridized carbons (Fsp3) is 0.261. The second-order valence-corrected chi connectivity index (χ2v) is 6.33. The molecule has 2 aliphatic rings. The second-order valence-electron chi connectivity index (χ2n) is 6.33. The lowest BCUT2D eigenvalue weighted by Crippen LogP contribution is -2.10. The zero-order valence-corrected chi connectivity index (χ0v) is 15.3. The Kier molecular flexibility index (Phi) is 4.61. The molecule has 0 radical (unpaired) electrons. The number of fused-ring (bicyclic) bond motifs is 4. The third kappa shape index (κ3) is 2.94. The molecule has 0 N–H and O–H groups in total. The Morgan fingerprint density at radius 3 is 2.81 bits per heavy atom. The van der Waals surface area contributed by atoms with Crippen LogP contribution in [0.15, 0.2) is 54.9 Å². The van der Waals surface area contributed by atoms with Crippen LogP contribution in [0.2, 0.25) is 0 Å². The van der Waals surface area contributed by atoms with Crippen molar-refractivity contribution < 1.29 is 9.47 Å². The van der Waals surface area contributed by atoms with Gasteiger partial charge < -0.3 is 9.47 Å². The van der Waals surface area contributed by atoms with Gasteiger partial charge in [0.1, 0.15) is 11.5 Å². The molecule has 1 aromatic heterocycles. The van der Waals surface area contributed by atoms with Gasteiger partial charge >= 0.3 is 0 Å². The van der Waals surface area contributed by atoms with E-state index in [2.05, 4.69) is 41.4 Å². The first kappa shape index (κ1) is 16.6. The van der Waals surface area contributed by atoms with Gasteiger partial charge in [-0.05, 0) is 29.7 Å². The molecular formula is C23H23NO2. The van der Waals surface area contributed by atoms with E-state index in [4.69, 9.17) is 9.47 Å².